The Bertz CT molecular complexity index is 1090. The number of halogens is 2. The number of phenolic OH excluding ortho intramolecular Hbond substituents is 1. The monoisotopic (exact) mass is 387 g/mol. The highest BCUT2D eigenvalue weighted by Gasteiger charge is 2.22. The molecule has 4 nitrogen and oxygen atoms in total. The summed E-state index contributed by atoms with van der Waals surface area (Å²) in [5, 5.41) is 14.9. The number of hydrogen-bond donors (Lipinski definition) is 2. The van der Waals surface area contributed by atoms with Gasteiger partial charge in [-0.1, -0.05) is 17.7 Å². The average Bonchev–Trinajstić information content (AvgIpc) is 3.13. The third-order valence-corrected chi connectivity index (χ3v) is 5.58. The lowest BCUT2D eigenvalue weighted by Crippen LogP contribution is -2.15. The Morgan fingerprint density at radius 2 is 2.04 bits per heavy atom. The Hall–Kier alpha value is -2.37. The van der Waals surface area contributed by atoms with Gasteiger partial charge in [0.15, 0.2) is 0 Å². The first-order chi connectivity index (χ1) is 13.0. The zero-order valence-corrected chi connectivity index (χ0v) is 15.6. The molecular weight excluding hydrogens is 369 g/mol. The number of fused-ring (bicyclic) bond motifs is 3. The summed E-state index contributed by atoms with van der Waals surface area (Å²) in [6.45, 7) is 2.31. The van der Waals surface area contributed by atoms with Crippen LogP contribution in [0.1, 0.15) is 34.2 Å². The highest BCUT2D eigenvalue weighted by atomic mass is 35.5. The van der Waals surface area contributed by atoms with Crippen molar-refractivity contribution in [2.45, 2.75) is 39.3 Å². The Morgan fingerprint density at radius 1 is 1.26 bits per heavy atom. The third kappa shape index (κ3) is 3.11. The molecule has 1 aromatic heterocycles. The second-order valence-electron chi connectivity index (χ2n) is 6.89. The Kier molecular flexibility index (Phi) is 4.66. The Balaban J connectivity index is 1.67. The molecule has 0 spiro atoms. The van der Waals surface area contributed by atoms with Gasteiger partial charge in [0.1, 0.15) is 17.1 Å². The molecule has 0 bridgehead atoms. The van der Waals surface area contributed by atoms with E-state index in [-0.39, 0.29) is 23.7 Å². The van der Waals surface area contributed by atoms with Crippen molar-refractivity contribution in [3.8, 4) is 5.75 Å². The van der Waals surface area contributed by atoms with Crippen LogP contribution in [-0.2, 0) is 25.9 Å². The first kappa shape index (κ1) is 18.0. The second-order valence-corrected chi connectivity index (χ2v) is 7.30. The van der Waals surface area contributed by atoms with Crippen LogP contribution >= 0.6 is 11.6 Å². The molecule has 0 atom stereocenters. The van der Waals surface area contributed by atoms with Crippen molar-refractivity contribution in [1.82, 2.24) is 5.32 Å². The van der Waals surface area contributed by atoms with Crippen LogP contribution in [0, 0.1) is 12.7 Å². The van der Waals surface area contributed by atoms with Gasteiger partial charge in [-0.3, -0.25) is 0 Å². The van der Waals surface area contributed by atoms with E-state index in [9.17, 15) is 14.3 Å². The van der Waals surface area contributed by atoms with Crippen LogP contribution in [-0.4, -0.2) is 5.11 Å². The fourth-order valence-corrected chi connectivity index (χ4v) is 4.02. The molecule has 2 aromatic carbocycles. The van der Waals surface area contributed by atoms with Crippen molar-refractivity contribution < 1.29 is 13.9 Å². The second kappa shape index (κ2) is 6.98. The van der Waals surface area contributed by atoms with Crippen molar-refractivity contribution in [2.75, 3.05) is 0 Å². The van der Waals surface area contributed by atoms with E-state index in [4.69, 9.17) is 16.0 Å². The van der Waals surface area contributed by atoms with E-state index in [1.807, 2.05) is 6.07 Å². The van der Waals surface area contributed by atoms with Crippen LogP contribution in [0.4, 0.5) is 4.39 Å². The minimum atomic E-state index is -0.367. The highest BCUT2D eigenvalue weighted by molar-refractivity contribution is 6.31. The van der Waals surface area contributed by atoms with Gasteiger partial charge in [-0.05, 0) is 49.9 Å². The number of rotatable bonds is 4. The first-order valence-electron chi connectivity index (χ1n) is 8.91. The number of phenols is 1. The van der Waals surface area contributed by atoms with Crippen LogP contribution in [0.3, 0.4) is 0 Å². The van der Waals surface area contributed by atoms with Crippen LogP contribution in [0.2, 0.25) is 5.02 Å². The van der Waals surface area contributed by atoms with E-state index in [1.54, 1.807) is 19.1 Å². The maximum absolute atomic E-state index is 13.9. The lowest BCUT2D eigenvalue weighted by Gasteiger charge is -2.14. The van der Waals surface area contributed by atoms with Gasteiger partial charge in [-0.25, -0.2) is 9.18 Å². The maximum atomic E-state index is 13.9. The topological polar surface area (TPSA) is 62.5 Å². The summed E-state index contributed by atoms with van der Waals surface area (Å²) in [4.78, 5) is 12.2. The molecule has 0 saturated carbocycles. The van der Waals surface area contributed by atoms with Crippen molar-refractivity contribution >= 4 is 22.6 Å². The van der Waals surface area contributed by atoms with Crippen LogP contribution in [0.15, 0.2) is 33.5 Å². The van der Waals surface area contributed by atoms with Crippen LogP contribution in [0.5, 0.6) is 5.75 Å². The molecule has 0 unspecified atom stereocenters. The number of aryl methyl sites for hydroxylation is 2. The molecule has 0 aliphatic heterocycles. The third-order valence-electron chi connectivity index (χ3n) is 5.23. The molecule has 0 radical (unpaired) electrons. The summed E-state index contributed by atoms with van der Waals surface area (Å²) >= 11 is 6.05. The molecule has 6 heteroatoms. The fourth-order valence-electron chi connectivity index (χ4n) is 3.79. The van der Waals surface area contributed by atoms with E-state index in [0.29, 0.717) is 33.8 Å². The van der Waals surface area contributed by atoms with E-state index in [0.717, 1.165) is 35.8 Å². The summed E-state index contributed by atoms with van der Waals surface area (Å²) in [6, 6.07) is 6.44. The smallest absolute Gasteiger partial charge is 0.339 e. The molecule has 0 amide bonds. The predicted octanol–water partition coefficient (Wildman–Crippen LogP) is 4.38. The normalized spacial score (nSPS) is 13.3. The van der Waals surface area contributed by atoms with E-state index in [2.05, 4.69) is 5.32 Å². The molecule has 1 aliphatic rings. The highest BCUT2D eigenvalue weighted by Crippen LogP contribution is 2.35. The van der Waals surface area contributed by atoms with Gasteiger partial charge < -0.3 is 14.8 Å². The summed E-state index contributed by atoms with van der Waals surface area (Å²) in [7, 11) is 0. The number of aromatic hydroxyl groups is 1. The van der Waals surface area contributed by atoms with E-state index in [1.165, 1.54) is 6.07 Å². The first-order valence-corrected chi connectivity index (χ1v) is 9.28. The molecule has 1 heterocycles. The lowest BCUT2D eigenvalue weighted by molar-refractivity contribution is 0.457. The van der Waals surface area contributed by atoms with Crippen molar-refractivity contribution in [1.29, 1.82) is 0 Å². The standard InChI is InChI=1S/C21H19ClFNO3/c1-11-19(25)12(9-24-10-16-17(22)6-3-7-18(16)23)8-15-13-4-2-5-14(13)21(26)27-20(11)15/h3,6-8,24-25H,2,4-5,9-10H2,1H3. The Morgan fingerprint density at radius 3 is 2.81 bits per heavy atom. The Labute approximate surface area is 160 Å². The molecule has 0 fully saturated rings. The van der Waals surface area contributed by atoms with E-state index >= 15 is 0 Å². The molecular formula is C21H19ClFNO3. The van der Waals surface area contributed by atoms with Crippen LogP contribution in [0.25, 0.3) is 11.0 Å². The molecule has 2 N–H and O–H groups in total. The maximum Gasteiger partial charge on any atom is 0.339 e. The van der Waals surface area contributed by atoms with Gasteiger partial charge in [0.25, 0.3) is 0 Å². The zero-order chi connectivity index (χ0) is 19.1. The number of nitrogens with one attached hydrogen (secondary N) is 1. The van der Waals surface area contributed by atoms with Crippen LogP contribution < -0.4 is 10.9 Å². The van der Waals surface area contributed by atoms with Gasteiger partial charge in [-0.15, -0.1) is 0 Å². The van der Waals surface area contributed by atoms with Gasteiger partial charge in [0, 0.05) is 45.8 Å². The van der Waals surface area contributed by atoms with Crippen molar-refractivity contribution in [3.05, 3.63) is 73.3 Å². The molecule has 140 valence electrons. The SMILES string of the molecule is Cc1c(O)c(CNCc2c(F)cccc2Cl)cc2c3c(c(=O)oc12)CCC3. The largest absolute Gasteiger partial charge is 0.507 e. The molecule has 1 aliphatic carbocycles. The van der Waals surface area contributed by atoms with Gasteiger partial charge in [-0.2, -0.15) is 0 Å². The van der Waals surface area contributed by atoms with Crippen molar-refractivity contribution in [3.63, 3.8) is 0 Å². The quantitative estimate of drug-likeness (QED) is 0.652. The summed E-state index contributed by atoms with van der Waals surface area (Å²) in [5.41, 5.74) is 3.50. The lowest BCUT2D eigenvalue weighted by atomic mass is 10.00. The minimum Gasteiger partial charge on any atom is -0.507 e. The predicted molar refractivity (Wildman–Crippen MR) is 103 cm³/mol. The van der Waals surface area contributed by atoms with Gasteiger partial charge in [0.05, 0.1) is 0 Å². The molecule has 3 aromatic rings. The average molecular weight is 388 g/mol. The summed E-state index contributed by atoms with van der Waals surface area (Å²) < 4.78 is 19.4. The van der Waals surface area contributed by atoms with E-state index < -0.39 is 0 Å². The zero-order valence-electron chi connectivity index (χ0n) is 14.9. The molecule has 0 saturated heterocycles. The van der Waals surface area contributed by atoms with Gasteiger partial charge >= 0.3 is 5.63 Å². The molecule has 27 heavy (non-hydrogen) atoms. The fraction of sp³-hybridized carbons (Fsp3) is 0.286. The summed E-state index contributed by atoms with van der Waals surface area (Å²) in [6.07, 6.45) is 2.49. The number of hydrogen-bond acceptors (Lipinski definition) is 4. The van der Waals surface area contributed by atoms with Crippen molar-refractivity contribution in [2.24, 2.45) is 0 Å². The minimum absolute atomic E-state index is 0.0794. The number of benzene rings is 2. The molecule has 4 rings (SSSR count). The summed E-state index contributed by atoms with van der Waals surface area (Å²) in [5.74, 6) is -0.288. The van der Waals surface area contributed by atoms with Gasteiger partial charge in [0.2, 0.25) is 0 Å².